The van der Waals surface area contributed by atoms with Crippen molar-refractivity contribution >= 4 is 5.97 Å². The molecule has 0 aliphatic rings. The van der Waals surface area contributed by atoms with Gasteiger partial charge < -0.3 is 14.6 Å². The van der Waals surface area contributed by atoms with E-state index in [1.54, 1.807) is 24.3 Å². The first kappa shape index (κ1) is 14.8. The Morgan fingerprint density at radius 1 is 1.14 bits per heavy atom. The van der Waals surface area contributed by atoms with Gasteiger partial charge in [0.25, 0.3) is 0 Å². The van der Waals surface area contributed by atoms with Gasteiger partial charge in [-0.3, -0.25) is 0 Å². The van der Waals surface area contributed by atoms with Crippen molar-refractivity contribution in [2.75, 3.05) is 6.61 Å². The number of aromatic carboxylic acids is 1. The zero-order valence-corrected chi connectivity index (χ0v) is 11.5. The van der Waals surface area contributed by atoms with Crippen molar-refractivity contribution in [2.45, 2.75) is 13.5 Å². The highest BCUT2D eigenvalue weighted by molar-refractivity contribution is 5.87. The third-order valence-corrected chi connectivity index (χ3v) is 2.81. The van der Waals surface area contributed by atoms with Gasteiger partial charge in [0.2, 0.25) is 0 Å². The van der Waals surface area contributed by atoms with E-state index in [4.69, 9.17) is 14.6 Å². The van der Waals surface area contributed by atoms with Crippen LogP contribution in [0.15, 0.2) is 42.5 Å². The Bertz CT molecular complexity index is 640. The highest BCUT2D eigenvalue weighted by Crippen LogP contribution is 2.21. The Kier molecular flexibility index (Phi) is 4.77. The van der Waals surface area contributed by atoms with Crippen LogP contribution in [0.1, 0.15) is 22.8 Å². The molecule has 0 unspecified atom stereocenters. The third kappa shape index (κ3) is 3.95. The minimum atomic E-state index is -1.16. The van der Waals surface area contributed by atoms with E-state index in [-0.39, 0.29) is 12.2 Å². The highest BCUT2D eigenvalue weighted by atomic mass is 19.1. The summed E-state index contributed by atoms with van der Waals surface area (Å²) >= 11 is 0. The van der Waals surface area contributed by atoms with E-state index < -0.39 is 11.8 Å². The average molecular weight is 290 g/mol. The molecule has 2 aromatic rings. The molecule has 0 amide bonds. The summed E-state index contributed by atoms with van der Waals surface area (Å²) in [5.74, 6) is -0.527. The van der Waals surface area contributed by atoms with Crippen LogP contribution in [0.25, 0.3) is 0 Å². The summed E-state index contributed by atoms with van der Waals surface area (Å²) in [5, 5.41) is 8.78. The number of hydrogen-bond acceptors (Lipinski definition) is 3. The molecule has 0 saturated carbocycles. The number of rotatable bonds is 6. The number of carboxylic acids is 1. The number of benzene rings is 2. The molecule has 0 fully saturated rings. The van der Waals surface area contributed by atoms with Gasteiger partial charge in [0.1, 0.15) is 23.9 Å². The standard InChI is InChI=1S/C16H15FO4/c1-2-20-13-4-3-5-14(9-13)21-10-12-7-6-11(16(18)19)8-15(12)17/h3-9H,2,10H2,1H3,(H,18,19). The molecule has 2 rings (SSSR count). The van der Waals surface area contributed by atoms with Gasteiger partial charge >= 0.3 is 5.97 Å². The molecule has 4 nitrogen and oxygen atoms in total. The molecular formula is C16H15FO4. The second-order valence-electron chi connectivity index (χ2n) is 4.31. The van der Waals surface area contributed by atoms with Crippen molar-refractivity contribution in [3.63, 3.8) is 0 Å². The Morgan fingerprint density at radius 3 is 2.48 bits per heavy atom. The minimum absolute atomic E-state index is 0.0152. The van der Waals surface area contributed by atoms with Crippen LogP contribution >= 0.6 is 0 Å². The predicted molar refractivity (Wildman–Crippen MR) is 75.3 cm³/mol. The minimum Gasteiger partial charge on any atom is -0.494 e. The van der Waals surface area contributed by atoms with Gasteiger partial charge in [0.15, 0.2) is 0 Å². The maximum Gasteiger partial charge on any atom is 0.335 e. The van der Waals surface area contributed by atoms with Crippen LogP contribution in [-0.4, -0.2) is 17.7 Å². The second kappa shape index (κ2) is 6.74. The first-order valence-corrected chi connectivity index (χ1v) is 6.47. The molecule has 0 bridgehead atoms. The maximum absolute atomic E-state index is 13.7. The second-order valence-corrected chi connectivity index (χ2v) is 4.31. The van der Waals surface area contributed by atoms with E-state index in [0.717, 1.165) is 6.07 Å². The zero-order chi connectivity index (χ0) is 15.2. The summed E-state index contributed by atoms with van der Waals surface area (Å²) in [6.45, 7) is 2.45. The SMILES string of the molecule is CCOc1cccc(OCc2ccc(C(=O)O)cc2F)c1. The van der Waals surface area contributed by atoms with Crippen molar-refractivity contribution in [1.29, 1.82) is 0 Å². The molecule has 0 atom stereocenters. The Hall–Kier alpha value is -2.56. The maximum atomic E-state index is 13.7. The van der Waals surface area contributed by atoms with E-state index in [2.05, 4.69) is 0 Å². The fraction of sp³-hybridized carbons (Fsp3) is 0.188. The summed E-state index contributed by atoms with van der Waals surface area (Å²) in [4.78, 5) is 10.7. The first-order chi connectivity index (χ1) is 10.1. The van der Waals surface area contributed by atoms with Gasteiger partial charge in [-0.2, -0.15) is 0 Å². The largest absolute Gasteiger partial charge is 0.494 e. The lowest BCUT2D eigenvalue weighted by atomic mass is 10.1. The van der Waals surface area contributed by atoms with Gasteiger partial charge in [0, 0.05) is 11.6 Å². The first-order valence-electron chi connectivity index (χ1n) is 6.47. The number of hydrogen-bond donors (Lipinski definition) is 1. The molecule has 0 heterocycles. The van der Waals surface area contributed by atoms with Crippen molar-refractivity contribution in [3.05, 3.63) is 59.4 Å². The smallest absolute Gasteiger partial charge is 0.335 e. The Morgan fingerprint density at radius 2 is 1.86 bits per heavy atom. The monoisotopic (exact) mass is 290 g/mol. The van der Waals surface area contributed by atoms with Crippen molar-refractivity contribution in [3.8, 4) is 11.5 Å². The summed E-state index contributed by atoms with van der Waals surface area (Å²) in [7, 11) is 0. The highest BCUT2D eigenvalue weighted by Gasteiger charge is 2.09. The molecule has 0 saturated heterocycles. The number of ether oxygens (including phenoxy) is 2. The topological polar surface area (TPSA) is 55.8 Å². The van der Waals surface area contributed by atoms with E-state index >= 15 is 0 Å². The lowest BCUT2D eigenvalue weighted by Gasteiger charge is -2.09. The molecule has 2 aromatic carbocycles. The van der Waals surface area contributed by atoms with Crippen molar-refractivity contribution in [2.24, 2.45) is 0 Å². The van der Waals surface area contributed by atoms with Crippen LogP contribution in [-0.2, 0) is 6.61 Å². The fourth-order valence-corrected chi connectivity index (χ4v) is 1.78. The van der Waals surface area contributed by atoms with Crippen LogP contribution in [0.4, 0.5) is 4.39 Å². The predicted octanol–water partition coefficient (Wildman–Crippen LogP) is 3.50. The molecular weight excluding hydrogens is 275 g/mol. The molecule has 5 heteroatoms. The van der Waals surface area contributed by atoms with Gasteiger partial charge in [-0.25, -0.2) is 9.18 Å². The molecule has 0 aliphatic carbocycles. The van der Waals surface area contributed by atoms with Crippen molar-refractivity contribution < 1.29 is 23.8 Å². The zero-order valence-electron chi connectivity index (χ0n) is 11.5. The molecule has 0 spiro atoms. The number of carbonyl (C=O) groups is 1. The van der Waals surface area contributed by atoms with Gasteiger partial charge in [-0.1, -0.05) is 12.1 Å². The Labute approximate surface area is 121 Å². The van der Waals surface area contributed by atoms with Crippen LogP contribution in [0.2, 0.25) is 0 Å². The van der Waals surface area contributed by atoms with Crippen LogP contribution < -0.4 is 9.47 Å². The summed E-state index contributed by atoms with van der Waals surface area (Å²) < 4.78 is 24.6. The Balaban J connectivity index is 2.06. The van der Waals surface area contributed by atoms with Crippen LogP contribution in [0.3, 0.4) is 0 Å². The summed E-state index contributed by atoms with van der Waals surface area (Å²) in [6.07, 6.45) is 0. The third-order valence-electron chi connectivity index (χ3n) is 2.81. The number of halogens is 1. The van der Waals surface area contributed by atoms with Crippen LogP contribution in [0, 0.1) is 5.82 Å². The lowest BCUT2D eigenvalue weighted by Crippen LogP contribution is -2.02. The van der Waals surface area contributed by atoms with Crippen LogP contribution in [0.5, 0.6) is 11.5 Å². The molecule has 0 aliphatic heterocycles. The number of carboxylic acid groups (broad SMARTS) is 1. The summed E-state index contributed by atoms with van der Waals surface area (Å²) in [5.41, 5.74) is 0.205. The summed E-state index contributed by atoms with van der Waals surface area (Å²) in [6, 6.07) is 10.8. The molecule has 0 aromatic heterocycles. The van der Waals surface area contributed by atoms with E-state index in [0.29, 0.717) is 23.7 Å². The molecule has 1 N–H and O–H groups in total. The normalized spacial score (nSPS) is 10.2. The van der Waals surface area contributed by atoms with Gasteiger partial charge in [-0.15, -0.1) is 0 Å². The average Bonchev–Trinajstić information content (AvgIpc) is 2.46. The lowest BCUT2D eigenvalue weighted by molar-refractivity contribution is 0.0696. The quantitative estimate of drug-likeness (QED) is 0.884. The van der Waals surface area contributed by atoms with E-state index in [9.17, 15) is 9.18 Å². The van der Waals surface area contributed by atoms with Gasteiger partial charge in [-0.05, 0) is 31.2 Å². The molecule has 21 heavy (non-hydrogen) atoms. The fourth-order valence-electron chi connectivity index (χ4n) is 1.78. The molecule has 0 radical (unpaired) electrons. The molecule has 110 valence electrons. The van der Waals surface area contributed by atoms with Crippen molar-refractivity contribution in [1.82, 2.24) is 0 Å². The van der Waals surface area contributed by atoms with E-state index in [1.807, 2.05) is 6.92 Å². The van der Waals surface area contributed by atoms with Gasteiger partial charge in [0.05, 0.1) is 12.2 Å². The van der Waals surface area contributed by atoms with E-state index in [1.165, 1.54) is 12.1 Å².